The molecule has 3 aromatic carbocycles. The Morgan fingerprint density at radius 3 is 2.57 bits per heavy atom. The molecule has 0 spiro atoms. The minimum Gasteiger partial charge on any atom is -0.506 e. The fourth-order valence-corrected chi connectivity index (χ4v) is 4.77. The minimum absolute atomic E-state index is 0.0584. The first-order chi connectivity index (χ1) is 13.4. The van der Waals surface area contributed by atoms with E-state index in [2.05, 4.69) is 4.72 Å². The topological polar surface area (TPSA) is 107 Å². The molecule has 1 saturated heterocycles. The molecule has 1 unspecified atom stereocenters. The number of anilines is 1. The molecule has 0 aromatic heterocycles. The van der Waals surface area contributed by atoms with Crippen LogP contribution in [0, 0.1) is 0 Å². The molecule has 28 heavy (non-hydrogen) atoms. The third-order valence-corrected chi connectivity index (χ3v) is 6.29. The highest BCUT2D eigenvalue weighted by Crippen LogP contribution is 2.36. The Morgan fingerprint density at radius 1 is 1.07 bits per heavy atom. The fraction of sp³-hybridized carbons (Fsp3) is 0.150. The largest absolute Gasteiger partial charge is 0.506 e. The lowest BCUT2D eigenvalue weighted by molar-refractivity contribution is -0.108. The molecule has 0 aliphatic carbocycles. The first-order valence-corrected chi connectivity index (χ1v) is 10.1. The average molecular weight is 398 g/mol. The van der Waals surface area contributed by atoms with Crippen molar-refractivity contribution in [1.82, 2.24) is 4.72 Å². The Balaban J connectivity index is 1.81. The molecule has 144 valence electrons. The van der Waals surface area contributed by atoms with Gasteiger partial charge in [-0.3, -0.25) is 4.31 Å². The highest BCUT2D eigenvalue weighted by Gasteiger charge is 2.36. The van der Waals surface area contributed by atoms with E-state index in [-0.39, 0.29) is 24.6 Å². The van der Waals surface area contributed by atoms with E-state index < -0.39 is 16.3 Å². The van der Waals surface area contributed by atoms with Crippen molar-refractivity contribution in [2.75, 3.05) is 10.8 Å². The van der Waals surface area contributed by atoms with Crippen LogP contribution < -0.4 is 9.03 Å². The Hall–Kier alpha value is -2.94. The summed E-state index contributed by atoms with van der Waals surface area (Å²) in [6.07, 6.45) is 0.530. The lowest BCUT2D eigenvalue weighted by atomic mass is 9.99. The Bertz CT molecular complexity index is 1180. The standard InChI is InChI=1S/C20H18N2O5S/c23-11-13-2-1-3-14(6-13)15-4-5-16-9-20(25)19(8-17(16)7-15)22-10-18(12-24)21-28(22,26)27/h1-9,12,18,21,23,25H,10-11H2. The molecule has 1 fully saturated rings. The minimum atomic E-state index is -3.90. The van der Waals surface area contributed by atoms with Crippen LogP contribution in [0.3, 0.4) is 0 Å². The van der Waals surface area contributed by atoms with Crippen molar-refractivity contribution in [2.45, 2.75) is 12.6 Å². The van der Waals surface area contributed by atoms with E-state index in [0.717, 1.165) is 31.8 Å². The smallest absolute Gasteiger partial charge is 0.302 e. The molecule has 0 saturated carbocycles. The van der Waals surface area contributed by atoms with Gasteiger partial charge in [-0.05, 0) is 51.7 Å². The molecule has 0 amide bonds. The summed E-state index contributed by atoms with van der Waals surface area (Å²) in [4.78, 5) is 11.0. The molecule has 3 aromatic rings. The van der Waals surface area contributed by atoms with E-state index >= 15 is 0 Å². The number of phenols is 1. The van der Waals surface area contributed by atoms with E-state index in [1.54, 1.807) is 6.07 Å². The molecular weight excluding hydrogens is 380 g/mol. The molecule has 7 nitrogen and oxygen atoms in total. The van der Waals surface area contributed by atoms with Crippen LogP contribution in [0.5, 0.6) is 5.75 Å². The van der Waals surface area contributed by atoms with Crippen molar-refractivity contribution in [3.8, 4) is 16.9 Å². The van der Waals surface area contributed by atoms with Gasteiger partial charge < -0.3 is 15.0 Å². The molecule has 0 radical (unpaired) electrons. The van der Waals surface area contributed by atoms with Crippen LogP contribution in [0.4, 0.5) is 5.69 Å². The summed E-state index contributed by atoms with van der Waals surface area (Å²) in [7, 11) is -3.90. The second kappa shape index (κ2) is 6.90. The summed E-state index contributed by atoms with van der Waals surface area (Å²) in [5.41, 5.74) is 2.72. The second-order valence-electron chi connectivity index (χ2n) is 6.66. The Morgan fingerprint density at radius 2 is 1.86 bits per heavy atom. The van der Waals surface area contributed by atoms with Gasteiger partial charge in [0.05, 0.1) is 24.9 Å². The highest BCUT2D eigenvalue weighted by molar-refractivity contribution is 7.91. The van der Waals surface area contributed by atoms with Crippen molar-refractivity contribution in [3.63, 3.8) is 0 Å². The number of carbonyl (C=O) groups is 1. The van der Waals surface area contributed by atoms with Crippen molar-refractivity contribution >= 4 is 33.0 Å². The summed E-state index contributed by atoms with van der Waals surface area (Å²) in [6, 6.07) is 15.4. The third-order valence-electron chi connectivity index (χ3n) is 4.76. The Kier molecular flexibility index (Phi) is 4.54. The van der Waals surface area contributed by atoms with Crippen LogP contribution in [-0.4, -0.2) is 37.5 Å². The van der Waals surface area contributed by atoms with Gasteiger partial charge in [0.1, 0.15) is 12.0 Å². The van der Waals surface area contributed by atoms with Crippen molar-refractivity contribution in [1.29, 1.82) is 0 Å². The normalized spacial score (nSPS) is 18.5. The lowest BCUT2D eigenvalue weighted by Gasteiger charge is -2.18. The van der Waals surface area contributed by atoms with Gasteiger partial charge in [0.15, 0.2) is 0 Å². The zero-order valence-electron chi connectivity index (χ0n) is 14.7. The zero-order chi connectivity index (χ0) is 19.9. The maximum Gasteiger partial charge on any atom is 0.302 e. The van der Waals surface area contributed by atoms with Crippen molar-refractivity contribution < 1.29 is 23.4 Å². The maximum absolute atomic E-state index is 12.3. The first-order valence-electron chi connectivity index (χ1n) is 8.63. The molecule has 3 N–H and O–H groups in total. The number of hydrogen-bond donors (Lipinski definition) is 3. The lowest BCUT2D eigenvalue weighted by Crippen LogP contribution is -2.30. The summed E-state index contributed by atoms with van der Waals surface area (Å²) >= 11 is 0. The number of benzene rings is 3. The predicted molar refractivity (Wildman–Crippen MR) is 106 cm³/mol. The molecule has 8 heteroatoms. The average Bonchev–Trinajstić information content (AvgIpc) is 3.01. The molecule has 1 aliphatic heterocycles. The zero-order valence-corrected chi connectivity index (χ0v) is 15.6. The SMILES string of the molecule is O=CC1CN(c2cc3cc(-c4cccc(CO)c4)ccc3cc2O)S(=O)(=O)N1. The Labute approximate surface area is 162 Å². The number of aromatic hydroxyl groups is 1. The van der Waals surface area contributed by atoms with E-state index in [4.69, 9.17) is 0 Å². The van der Waals surface area contributed by atoms with Crippen LogP contribution in [0.25, 0.3) is 21.9 Å². The maximum atomic E-state index is 12.3. The predicted octanol–water partition coefficient (Wildman–Crippen LogP) is 1.93. The van der Waals surface area contributed by atoms with Gasteiger partial charge >= 0.3 is 10.2 Å². The molecular formula is C20H18N2O5S. The van der Waals surface area contributed by atoms with Crippen LogP contribution in [-0.2, 0) is 21.6 Å². The number of aldehydes is 1. The van der Waals surface area contributed by atoms with Crippen LogP contribution in [0.1, 0.15) is 5.56 Å². The van der Waals surface area contributed by atoms with Gasteiger partial charge in [0, 0.05) is 0 Å². The number of hydrogen-bond acceptors (Lipinski definition) is 5. The molecule has 0 bridgehead atoms. The molecule has 1 aliphatic rings. The number of nitrogens with one attached hydrogen (secondary N) is 1. The number of nitrogens with zero attached hydrogens (tertiary/aromatic N) is 1. The van der Waals surface area contributed by atoms with Gasteiger partial charge in [0.2, 0.25) is 0 Å². The quantitative estimate of drug-likeness (QED) is 0.582. The van der Waals surface area contributed by atoms with Crippen LogP contribution in [0.2, 0.25) is 0 Å². The molecule has 1 heterocycles. The summed E-state index contributed by atoms with van der Waals surface area (Å²) in [6.45, 7) is -0.139. The third kappa shape index (κ3) is 3.22. The van der Waals surface area contributed by atoms with Gasteiger partial charge in [-0.25, -0.2) is 0 Å². The number of fused-ring (bicyclic) bond motifs is 1. The fourth-order valence-electron chi connectivity index (χ4n) is 3.37. The molecule has 1 atom stereocenters. The number of phenolic OH excluding ortho intramolecular Hbond substituents is 1. The van der Waals surface area contributed by atoms with Gasteiger partial charge in [-0.2, -0.15) is 13.1 Å². The summed E-state index contributed by atoms with van der Waals surface area (Å²) in [5, 5.41) is 21.2. The second-order valence-corrected chi connectivity index (χ2v) is 8.28. The van der Waals surface area contributed by atoms with Gasteiger partial charge in [0.25, 0.3) is 0 Å². The first kappa shape index (κ1) is 18.4. The number of aliphatic hydroxyl groups excluding tert-OH is 1. The number of carbonyl (C=O) groups excluding carboxylic acids is 1. The van der Waals surface area contributed by atoms with E-state index in [1.807, 2.05) is 42.5 Å². The summed E-state index contributed by atoms with van der Waals surface area (Å²) in [5.74, 6) is -0.181. The number of aliphatic hydroxyl groups is 1. The van der Waals surface area contributed by atoms with E-state index in [1.165, 1.54) is 6.07 Å². The van der Waals surface area contributed by atoms with Gasteiger partial charge in [-0.1, -0.05) is 30.3 Å². The number of rotatable bonds is 4. The highest BCUT2D eigenvalue weighted by atomic mass is 32.2. The van der Waals surface area contributed by atoms with Crippen molar-refractivity contribution in [3.05, 3.63) is 60.2 Å². The van der Waals surface area contributed by atoms with E-state index in [9.17, 15) is 23.4 Å². The summed E-state index contributed by atoms with van der Waals surface area (Å²) < 4.78 is 27.8. The van der Waals surface area contributed by atoms with Crippen LogP contribution in [0.15, 0.2) is 54.6 Å². The van der Waals surface area contributed by atoms with E-state index in [0.29, 0.717) is 6.29 Å². The van der Waals surface area contributed by atoms with Crippen LogP contribution >= 0.6 is 0 Å². The van der Waals surface area contributed by atoms with Gasteiger partial charge in [-0.15, -0.1) is 0 Å². The molecule has 4 rings (SSSR count). The monoisotopic (exact) mass is 398 g/mol. The van der Waals surface area contributed by atoms with Crippen molar-refractivity contribution in [2.24, 2.45) is 0 Å².